The van der Waals surface area contributed by atoms with Crippen LogP contribution in [0.25, 0.3) is 22.1 Å². The minimum Gasteiger partial charge on any atom is -0.480 e. The van der Waals surface area contributed by atoms with Gasteiger partial charge in [-0.1, -0.05) is 73.7 Å². The molecule has 1 atom stereocenters. The summed E-state index contributed by atoms with van der Waals surface area (Å²) >= 11 is 0. The van der Waals surface area contributed by atoms with Gasteiger partial charge in [0.05, 0.1) is 0 Å². The van der Waals surface area contributed by atoms with Gasteiger partial charge in [-0.2, -0.15) is 0 Å². The summed E-state index contributed by atoms with van der Waals surface area (Å²) in [5.41, 5.74) is 5.97. The Morgan fingerprint density at radius 3 is 2.24 bits per heavy atom. The van der Waals surface area contributed by atoms with Gasteiger partial charge in [0.1, 0.15) is 24.0 Å². The predicted molar refractivity (Wildman–Crippen MR) is 129 cm³/mol. The number of ether oxygens (including phenoxy) is 1. The number of para-hydroxylation sites is 1. The zero-order valence-electron chi connectivity index (χ0n) is 18.8. The topological polar surface area (TPSA) is 88.8 Å². The Hall–Kier alpha value is -4.06. The maximum absolute atomic E-state index is 12.7. The fourth-order valence-electron chi connectivity index (χ4n) is 4.85. The Kier molecular flexibility index (Phi) is 5.80. The number of carboxylic acid groups (broad SMARTS) is 1. The van der Waals surface area contributed by atoms with Gasteiger partial charge in [0.25, 0.3) is 0 Å². The van der Waals surface area contributed by atoms with Crippen molar-refractivity contribution in [1.82, 2.24) is 5.32 Å². The van der Waals surface area contributed by atoms with Crippen molar-refractivity contribution in [2.24, 2.45) is 0 Å². The van der Waals surface area contributed by atoms with E-state index in [9.17, 15) is 14.7 Å². The van der Waals surface area contributed by atoms with Crippen molar-refractivity contribution in [3.8, 4) is 11.1 Å². The smallest absolute Gasteiger partial charge is 0.407 e. The number of alkyl carbamates (subject to hydrolysis) is 1. The fourth-order valence-corrected chi connectivity index (χ4v) is 4.85. The third kappa shape index (κ3) is 3.92. The number of hydrogen-bond donors (Lipinski definition) is 2. The van der Waals surface area contributed by atoms with Crippen LogP contribution in [0.3, 0.4) is 0 Å². The maximum Gasteiger partial charge on any atom is 0.407 e. The SMILES string of the molecule is CCc1oc2ccccc2c1CC(NC(=O)OCC1c2ccccc2-c2ccccc21)C(=O)O. The van der Waals surface area contributed by atoms with Crippen LogP contribution in [0, 0.1) is 0 Å². The quantitative estimate of drug-likeness (QED) is 0.383. The molecule has 6 nitrogen and oxygen atoms in total. The standard InChI is InChI=1S/C28H25NO5/c1-2-25-22(21-13-7-8-14-26(21)34-25)15-24(27(30)31)29-28(32)33-16-23-19-11-5-3-9-17(19)18-10-4-6-12-20(18)23/h3-14,23-24H,2,15-16H2,1H3,(H,29,32)(H,30,31). The summed E-state index contributed by atoms with van der Waals surface area (Å²) in [7, 11) is 0. The molecule has 0 saturated carbocycles. The molecule has 6 heteroatoms. The highest BCUT2D eigenvalue weighted by Crippen LogP contribution is 2.44. The molecular formula is C28H25NO5. The first-order valence-corrected chi connectivity index (χ1v) is 11.4. The molecule has 3 aromatic carbocycles. The lowest BCUT2D eigenvalue weighted by Crippen LogP contribution is -2.43. The first-order chi connectivity index (χ1) is 16.6. The second-order valence-corrected chi connectivity index (χ2v) is 8.42. The van der Waals surface area contributed by atoms with Gasteiger partial charge in [0.2, 0.25) is 0 Å². The van der Waals surface area contributed by atoms with Crippen molar-refractivity contribution in [2.45, 2.75) is 31.7 Å². The second-order valence-electron chi connectivity index (χ2n) is 8.42. The lowest BCUT2D eigenvalue weighted by atomic mass is 9.98. The zero-order chi connectivity index (χ0) is 23.7. The van der Waals surface area contributed by atoms with Crippen LogP contribution in [0.1, 0.15) is 35.3 Å². The molecule has 1 amide bonds. The largest absolute Gasteiger partial charge is 0.480 e. The van der Waals surface area contributed by atoms with Crippen molar-refractivity contribution >= 4 is 23.0 Å². The molecule has 2 N–H and O–H groups in total. The van der Waals surface area contributed by atoms with Crippen molar-refractivity contribution in [2.75, 3.05) is 6.61 Å². The number of carbonyl (C=O) groups is 2. The lowest BCUT2D eigenvalue weighted by Gasteiger charge is -2.17. The van der Waals surface area contributed by atoms with Gasteiger partial charge in [-0.05, 0) is 28.3 Å². The van der Waals surface area contributed by atoms with Crippen LogP contribution < -0.4 is 5.32 Å². The first-order valence-electron chi connectivity index (χ1n) is 11.4. The zero-order valence-corrected chi connectivity index (χ0v) is 18.8. The number of nitrogens with one attached hydrogen (secondary N) is 1. The van der Waals surface area contributed by atoms with Crippen LogP contribution in [-0.2, 0) is 22.4 Å². The van der Waals surface area contributed by atoms with Crippen LogP contribution in [0.2, 0.25) is 0 Å². The molecule has 0 radical (unpaired) electrons. The second kappa shape index (κ2) is 9.06. The van der Waals surface area contributed by atoms with Gasteiger partial charge in [-0.3, -0.25) is 0 Å². The summed E-state index contributed by atoms with van der Waals surface area (Å²) in [5, 5.41) is 13.2. The molecule has 1 aliphatic carbocycles. The highest BCUT2D eigenvalue weighted by molar-refractivity contribution is 5.85. The highest BCUT2D eigenvalue weighted by Gasteiger charge is 2.30. The Morgan fingerprint density at radius 1 is 0.971 bits per heavy atom. The summed E-state index contributed by atoms with van der Waals surface area (Å²) in [5.74, 6) is -0.492. The van der Waals surface area contributed by atoms with E-state index in [1.807, 2.05) is 67.6 Å². The molecule has 0 fully saturated rings. The molecule has 34 heavy (non-hydrogen) atoms. The predicted octanol–water partition coefficient (Wildman–Crippen LogP) is 5.53. The Labute approximate surface area is 197 Å². The number of rotatable bonds is 7. The van der Waals surface area contributed by atoms with E-state index in [0.29, 0.717) is 12.0 Å². The van der Waals surface area contributed by atoms with Crippen molar-refractivity contribution in [1.29, 1.82) is 0 Å². The average molecular weight is 456 g/mol. The van der Waals surface area contributed by atoms with Gasteiger partial charge in [0.15, 0.2) is 0 Å². The van der Waals surface area contributed by atoms with Crippen LogP contribution in [0.5, 0.6) is 0 Å². The molecule has 5 rings (SSSR count). The van der Waals surface area contributed by atoms with Gasteiger partial charge < -0.3 is 19.6 Å². The molecule has 1 heterocycles. The van der Waals surface area contributed by atoms with Crippen molar-refractivity contribution in [3.63, 3.8) is 0 Å². The molecular weight excluding hydrogens is 430 g/mol. The monoisotopic (exact) mass is 455 g/mol. The van der Waals surface area contributed by atoms with Crippen LogP contribution in [0.4, 0.5) is 4.79 Å². The molecule has 0 saturated heterocycles. The van der Waals surface area contributed by atoms with Crippen molar-refractivity contribution < 1.29 is 23.8 Å². The Bertz CT molecular complexity index is 1330. The number of aryl methyl sites for hydroxylation is 1. The number of furan rings is 1. The summed E-state index contributed by atoms with van der Waals surface area (Å²) in [6.07, 6.45) is -0.0128. The molecule has 172 valence electrons. The van der Waals surface area contributed by atoms with Crippen LogP contribution in [0.15, 0.2) is 77.2 Å². The number of fused-ring (bicyclic) bond motifs is 4. The van der Waals surface area contributed by atoms with E-state index < -0.39 is 18.1 Å². The summed E-state index contributed by atoms with van der Waals surface area (Å²) in [6.45, 7) is 2.08. The molecule has 4 aromatic rings. The van der Waals surface area contributed by atoms with E-state index in [1.54, 1.807) is 0 Å². The van der Waals surface area contributed by atoms with Crippen LogP contribution in [-0.4, -0.2) is 29.8 Å². The number of amides is 1. The lowest BCUT2D eigenvalue weighted by molar-refractivity contribution is -0.139. The minimum absolute atomic E-state index is 0.0917. The Morgan fingerprint density at radius 2 is 1.59 bits per heavy atom. The van der Waals surface area contributed by atoms with E-state index in [0.717, 1.165) is 39.0 Å². The van der Waals surface area contributed by atoms with Gasteiger partial charge >= 0.3 is 12.1 Å². The maximum atomic E-state index is 12.7. The van der Waals surface area contributed by atoms with E-state index in [2.05, 4.69) is 17.4 Å². The number of benzene rings is 3. The average Bonchev–Trinajstić information content (AvgIpc) is 3.37. The van der Waals surface area contributed by atoms with Gasteiger partial charge in [0, 0.05) is 29.7 Å². The number of hydrogen-bond acceptors (Lipinski definition) is 4. The van der Waals surface area contributed by atoms with Gasteiger partial charge in [-0.25, -0.2) is 9.59 Å². The summed E-state index contributed by atoms with van der Waals surface area (Å²) in [6, 6.07) is 22.5. The molecule has 1 aromatic heterocycles. The van der Waals surface area contributed by atoms with E-state index in [4.69, 9.17) is 9.15 Å². The van der Waals surface area contributed by atoms with Gasteiger partial charge in [-0.15, -0.1) is 0 Å². The summed E-state index contributed by atoms with van der Waals surface area (Å²) in [4.78, 5) is 24.6. The number of aliphatic carboxylic acids is 1. The van der Waals surface area contributed by atoms with Crippen LogP contribution >= 0.6 is 0 Å². The summed E-state index contributed by atoms with van der Waals surface area (Å²) < 4.78 is 11.4. The fraction of sp³-hybridized carbons (Fsp3) is 0.214. The van der Waals surface area contributed by atoms with Crippen molar-refractivity contribution in [3.05, 3.63) is 95.2 Å². The molecule has 0 aliphatic heterocycles. The molecule has 1 unspecified atom stereocenters. The normalized spacial score (nSPS) is 13.3. The minimum atomic E-state index is -1.14. The molecule has 0 bridgehead atoms. The first kappa shape index (κ1) is 21.8. The third-order valence-electron chi connectivity index (χ3n) is 6.45. The highest BCUT2D eigenvalue weighted by atomic mass is 16.5. The number of carboxylic acids is 1. The third-order valence-corrected chi connectivity index (χ3v) is 6.45. The number of carbonyl (C=O) groups excluding carboxylic acids is 1. The molecule has 0 spiro atoms. The van der Waals surface area contributed by atoms with E-state index >= 15 is 0 Å². The Balaban J connectivity index is 1.31. The molecule has 1 aliphatic rings. The van der Waals surface area contributed by atoms with E-state index in [1.165, 1.54) is 0 Å². The van der Waals surface area contributed by atoms with E-state index in [-0.39, 0.29) is 18.9 Å².